The molecule has 1 heterocycles. The first-order valence-corrected chi connectivity index (χ1v) is 5.26. The third kappa shape index (κ3) is 2.88. The molecule has 0 spiro atoms. The van der Waals surface area contributed by atoms with Crippen LogP contribution >= 0.6 is 15.9 Å². The van der Waals surface area contributed by atoms with Crippen molar-refractivity contribution in [1.82, 2.24) is 5.32 Å². The van der Waals surface area contributed by atoms with Gasteiger partial charge in [0.2, 0.25) is 0 Å². The minimum absolute atomic E-state index is 0.136. The van der Waals surface area contributed by atoms with Crippen LogP contribution in [-0.2, 0) is 0 Å². The highest BCUT2D eigenvalue weighted by molar-refractivity contribution is 9.09. The average Bonchev–Trinajstić information content (AvgIpc) is 2.52. The quantitative estimate of drug-likeness (QED) is 0.653. The van der Waals surface area contributed by atoms with Gasteiger partial charge in [-0.3, -0.25) is 4.79 Å². The summed E-state index contributed by atoms with van der Waals surface area (Å²) >= 11 is 3.29. The van der Waals surface area contributed by atoms with Crippen LogP contribution in [0.2, 0.25) is 0 Å². The van der Waals surface area contributed by atoms with Crippen molar-refractivity contribution in [3.8, 4) is 0 Å². The minimum Gasteiger partial charge on any atom is -0.459 e. The van der Waals surface area contributed by atoms with Crippen molar-refractivity contribution in [2.24, 2.45) is 0 Å². The Morgan fingerprint density at radius 1 is 1.69 bits per heavy atom. The summed E-state index contributed by atoms with van der Waals surface area (Å²) in [5.74, 6) is 0.276. The molecule has 13 heavy (non-hydrogen) atoms. The molecule has 0 aliphatic carbocycles. The van der Waals surface area contributed by atoms with Crippen LogP contribution in [0.4, 0.5) is 0 Å². The summed E-state index contributed by atoms with van der Waals surface area (Å²) in [5.41, 5.74) is 0.872. The summed E-state index contributed by atoms with van der Waals surface area (Å²) in [6, 6.07) is 1.78. The van der Waals surface area contributed by atoms with Crippen molar-refractivity contribution in [2.45, 2.75) is 13.3 Å². The number of amides is 1. The van der Waals surface area contributed by atoms with Crippen molar-refractivity contribution in [1.29, 1.82) is 0 Å². The smallest absolute Gasteiger partial charge is 0.287 e. The molecule has 1 aromatic heterocycles. The second kappa shape index (κ2) is 5.07. The zero-order chi connectivity index (χ0) is 9.68. The summed E-state index contributed by atoms with van der Waals surface area (Å²) in [6.45, 7) is 2.52. The first-order valence-electron chi connectivity index (χ1n) is 4.14. The Hall–Kier alpha value is -0.770. The molecular formula is C9H12BrNO2. The van der Waals surface area contributed by atoms with E-state index in [1.807, 2.05) is 6.92 Å². The second-order valence-electron chi connectivity index (χ2n) is 2.73. The van der Waals surface area contributed by atoms with E-state index in [0.717, 1.165) is 17.3 Å². The number of nitrogens with one attached hydrogen (secondary N) is 1. The van der Waals surface area contributed by atoms with Crippen LogP contribution in [0.15, 0.2) is 16.7 Å². The second-order valence-corrected chi connectivity index (χ2v) is 3.52. The maximum absolute atomic E-state index is 11.4. The van der Waals surface area contributed by atoms with E-state index in [9.17, 15) is 4.79 Å². The molecule has 0 aromatic carbocycles. The van der Waals surface area contributed by atoms with Crippen LogP contribution in [0.3, 0.4) is 0 Å². The summed E-state index contributed by atoms with van der Waals surface area (Å²) in [6.07, 6.45) is 2.44. The van der Waals surface area contributed by atoms with Gasteiger partial charge in [0.15, 0.2) is 5.76 Å². The fourth-order valence-electron chi connectivity index (χ4n) is 0.954. The Labute approximate surface area is 85.6 Å². The first-order chi connectivity index (χ1) is 6.25. The molecule has 0 fully saturated rings. The Bertz CT molecular complexity index is 283. The monoisotopic (exact) mass is 245 g/mol. The van der Waals surface area contributed by atoms with E-state index in [-0.39, 0.29) is 5.91 Å². The Morgan fingerprint density at radius 2 is 2.46 bits per heavy atom. The average molecular weight is 246 g/mol. The molecule has 0 unspecified atom stereocenters. The number of carbonyl (C=O) groups excluding carboxylic acids is 1. The van der Waals surface area contributed by atoms with Crippen molar-refractivity contribution >= 4 is 21.8 Å². The first kappa shape index (κ1) is 10.3. The predicted molar refractivity (Wildman–Crippen MR) is 54.2 cm³/mol. The minimum atomic E-state index is -0.136. The maximum atomic E-state index is 11.4. The van der Waals surface area contributed by atoms with Gasteiger partial charge >= 0.3 is 0 Å². The number of halogens is 1. The molecular weight excluding hydrogens is 234 g/mol. The van der Waals surface area contributed by atoms with Gasteiger partial charge in [0.1, 0.15) is 0 Å². The molecule has 0 aliphatic rings. The van der Waals surface area contributed by atoms with E-state index >= 15 is 0 Å². The van der Waals surface area contributed by atoms with Crippen molar-refractivity contribution in [3.05, 3.63) is 23.7 Å². The maximum Gasteiger partial charge on any atom is 0.287 e. The molecule has 0 atom stereocenters. The van der Waals surface area contributed by atoms with Gasteiger partial charge < -0.3 is 9.73 Å². The fourth-order valence-corrected chi connectivity index (χ4v) is 1.23. The number of aryl methyl sites for hydroxylation is 1. The largest absolute Gasteiger partial charge is 0.459 e. The highest BCUT2D eigenvalue weighted by Crippen LogP contribution is 2.07. The van der Waals surface area contributed by atoms with Crippen LogP contribution in [-0.4, -0.2) is 17.8 Å². The molecule has 0 saturated carbocycles. The standard InChI is InChI=1S/C9H12BrNO2/c1-7-3-6-13-8(7)9(12)11-5-2-4-10/h3,6H,2,4-5H2,1H3,(H,11,12). The summed E-state index contributed by atoms with van der Waals surface area (Å²) in [5, 5.41) is 3.66. The Balaban J connectivity index is 2.45. The highest BCUT2D eigenvalue weighted by atomic mass is 79.9. The van der Waals surface area contributed by atoms with Gasteiger partial charge in [0, 0.05) is 17.4 Å². The molecule has 1 rings (SSSR count). The number of hydrogen-bond acceptors (Lipinski definition) is 2. The van der Waals surface area contributed by atoms with Crippen LogP contribution in [0.5, 0.6) is 0 Å². The summed E-state index contributed by atoms with van der Waals surface area (Å²) in [4.78, 5) is 11.4. The normalized spacial score (nSPS) is 10.0. The van der Waals surface area contributed by atoms with Gasteiger partial charge in [-0.1, -0.05) is 15.9 Å². The summed E-state index contributed by atoms with van der Waals surface area (Å²) < 4.78 is 5.03. The topological polar surface area (TPSA) is 42.2 Å². The molecule has 1 amide bonds. The zero-order valence-electron chi connectivity index (χ0n) is 7.47. The third-order valence-corrected chi connectivity index (χ3v) is 2.23. The molecule has 4 heteroatoms. The van der Waals surface area contributed by atoms with E-state index < -0.39 is 0 Å². The molecule has 0 radical (unpaired) electrons. The molecule has 1 aromatic rings. The van der Waals surface area contributed by atoms with E-state index in [0.29, 0.717) is 12.3 Å². The van der Waals surface area contributed by atoms with Crippen molar-refractivity contribution in [2.75, 3.05) is 11.9 Å². The van der Waals surface area contributed by atoms with Crippen LogP contribution in [0, 0.1) is 6.92 Å². The van der Waals surface area contributed by atoms with E-state index in [1.54, 1.807) is 6.07 Å². The van der Waals surface area contributed by atoms with Gasteiger partial charge in [-0.25, -0.2) is 0 Å². The molecule has 3 nitrogen and oxygen atoms in total. The van der Waals surface area contributed by atoms with Gasteiger partial charge in [-0.05, 0) is 19.4 Å². The number of alkyl halides is 1. The van der Waals surface area contributed by atoms with E-state index in [2.05, 4.69) is 21.2 Å². The lowest BCUT2D eigenvalue weighted by molar-refractivity contribution is 0.0925. The van der Waals surface area contributed by atoms with Crippen molar-refractivity contribution in [3.63, 3.8) is 0 Å². The fraction of sp³-hybridized carbons (Fsp3) is 0.444. The van der Waals surface area contributed by atoms with Crippen LogP contribution in [0.25, 0.3) is 0 Å². The van der Waals surface area contributed by atoms with Gasteiger partial charge in [0.25, 0.3) is 5.91 Å². The van der Waals surface area contributed by atoms with Crippen molar-refractivity contribution < 1.29 is 9.21 Å². The SMILES string of the molecule is Cc1ccoc1C(=O)NCCCBr. The lowest BCUT2D eigenvalue weighted by Gasteiger charge is -2.01. The molecule has 0 saturated heterocycles. The third-order valence-electron chi connectivity index (χ3n) is 1.66. The van der Waals surface area contributed by atoms with E-state index in [4.69, 9.17) is 4.42 Å². The number of carbonyl (C=O) groups is 1. The van der Waals surface area contributed by atoms with Crippen LogP contribution < -0.4 is 5.32 Å². The number of hydrogen-bond donors (Lipinski definition) is 1. The van der Waals surface area contributed by atoms with Crippen LogP contribution in [0.1, 0.15) is 22.5 Å². The number of furan rings is 1. The lowest BCUT2D eigenvalue weighted by atomic mass is 10.2. The molecule has 1 N–H and O–H groups in total. The summed E-state index contributed by atoms with van der Waals surface area (Å²) in [7, 11) is 0. The van der Waals surface area contributed by atoms with Gasteiger partial charge in [-0.15, -0.1) is 0 Å². The van der Waals surface area contributed by atoms with Gasteiger partial charge in [0.05, 0.1) is 6.26 Å². The Kier molecular flexibility index (Phi) is 4.02. The lowest BCUT2D eigenvalue weighted by Crippen LogP contribution is -2.24. The Morgan fingerprint density at radius 3 is 3.00 bits per heavy atom. The number of rotatable bonds is 4. The molecule has 72 valence electrons. The predicted octanol–water partition coefficient (Wildman–Crippen LogP) is 2.10. The zero-order valence-corrected chi connectivity index (χ0v) is 9.06. The van der Waals surface area contributed by atoms with E-state index in [1.165, 1.54) is 6.26 Å². The molecule has 0 aliphatic heterocycles. The highest BCUT2D eigenvalue weighted by Gasteiger charge is 2.10. The molecule has 0 bridgehead atoms. The van der Waals surface area contributed by atoms with Gasteiger partial charge in [-0.2, -0.15) is 0 Å².